The van der Waals surface area contributed by atoms with Crippen LogP contribution in [0.4, 0.5) is 4.39 Å². The summed E-state index contributed by atoms with van der Waals surface area (Å²) in [7, 11) is -4.06. The molecule has 2 aromatic rings. The maximum Gasteiger partial charge on any atom is 0.321 e. The molecule has 0 aliphatic rings. The van der Waals surface area contributed by atoms with Crippen molar-refractivity contribution in [2.75, 3.05) is 13.2 Å². The molecular formula is C18H20FNO4S. The van der Waals surface area contributed by atoms with Gasteiger partial charge in [0, 0.05) is 6.54 Å². The summed E-state index contributed by atoms with van der Waals surface area (Å²) in [5.74, 6) is -1.27. The minimum absolute atomic E-state index is 0.0164. The minimum Gasteiger partial charge on any atom is -0.465 e. The second-order valence-corrected chi connectivity index (χ2v) is 7.41. The van der Waals surface area contributed by atoms with Gasteiger partial charge in [0.05, 0.1) is 11.5 Å². The lowest BCUT2D eigenvalue weighted by molar-refractivity contribution is -0.143. The van der Waals surface area contributed by atoms with Gasteiger partial charge in [-0.15, -0.1) is 0 Å². The van der Waals surface area contributed by atoms with E-state index in [0.29, 0.717) is 11.1 Å². The number of nitrogens with zero attached hydrogens (tertiary/aromatic N) is 1. The summed E-state index contributed by atoms with van der Waals surface area (Å²) >= 11 is 0. The monoisotopic (exact) mass is 365 g/mol. The third kappa shape index (κ3) is 4.87. The molecule has 0 saturated heterocycles. The van der Waals surface area contributed by atoms with Crippen molar-refractivity contribution in [1.29, 1.82) is 0 Å². The van der Waals surface area contributed by atoms with Crippen molar-refractivity contribution in [2.24, 2.45) is 0 Å². The number of aryl methyl sites for hydroxylation is 1. The fourth-order valence-corrected chi connectivity index (χ4v) is 3.63. The molecule has 0 heterocycles. The minimum atomic E-state index is -4.06. The van der Waals surface area contributed by atoms with Gasteiger partial charge in [0.1, 0.15) is 12.4 Å². The zero-order chi connectivity index (χ0) is 18.4. The van der Waals surface area contributed by atoms with Crippen molar-refractivity contribution in [3.63, 3.8) is 0 Å². The molecule has 0 bridgehead atoms. The summed E-state index contributed by atoms with van der Waals surface area (Å²) in [6.07, 6.45) is 0. The van der Waals surface area contributed by atoms with Crippen molar-refractivity contribution in [3.05, 3.63) is 65.5 Å². The zero-order valence-corrected chi connectivity index (χ0v) is 14.9. The number of carbonyl (C=O) groups is 1. The molecule has 0 aliphatic carbocycles. The van der Waals surface area contributed by atoms with Crippen molar-refractivity contribution in [3.8, 4) is 0 Å². The van der Waals surface area contributed by atoms with E-state index in [1.54, 1.807) is 38.1 Å². The van der Waals surface area contributed by atoms with E-state index >= 15 is 0 Å². The molecule has 0 radical (unpaired) electrons. The first-order valence-electron chi connectivity index (χ1n) is 7.80. The quantitative estimate of drug-likeness (QED) is 0.708. The molecule has 0 spiro atoms. The van der Waals surface area contributed by atoms with Gasteiger partial charge >= 0.3 is 5.97 Å². The summed E-state index contributed by atoms with van der Waals surface area (Å²) in [4.78, 5) is 11.6. The van der Waals surface area contributed by atoms with Gasteiger partial charge in [-0.2, -0.15) is 4.31 Å². The molecule has 25 heavy (non-hydrogen) atoms. The number of esters is 1. The van der Waals surface area contributed by atoms with Crippen LogP contribution in [-0.4, -0.2) is 31.8 Å². The van der Waals surface area contributed by atoms with Crippen LogP contribution in [0.1, 0.15) is 18.1 Å². The Morgan fingerprint density at radius 3 is 2.44 bits per heavy atom. The fourth-order valence-electron chi connectivity index (χ4n) is 2.25. The number of halogens is 1. The Morgan fingerprint density at radius 1 is 1.16 bits per heavy atom. The lowest BCUT2D eigenvalue weighted by atomic mass is 10.2. The van der Waals surface area contributed by atoms with E-state index in [1.807, 2.05) is 6.07 Å². The largest absolute Gasteiger partial charge is 0.465 e. The maximum atomic E-state index is 13.8. The van der Waals surface area contributed by atoms with Gasteiger partial charge in [-0.05, 0) is 37.1 Å². The Labute approximate surface area is 147 Å². The Bertz CT molecular complexity index is 837. The molecule has 134 valence electrons. The summed E-state index contributed by atoms with van der Waals surface area (Å²) < 4.78 is 45.4. The average molecular weight is 365 g/mol. The normalized spacial score (nSPS) is 11.5. The first kappa shape index (κ1) is 19.1. The van der Waals surface area contributed by atoms with Crippen LogP contribution in [-0.2, 0) is 26.1 Å². The van der Waals surface area contributed by atoms with Gasteiger partial charge < -0.3 is 4.74 Å². The van der Waals surface area contributed by atoms with E-state index in [2.05, 4.69) is 0 Å². The van der Waals surface area contributed by atoms with Crippen LogP contribution in [0, 0.1) is 12.7 Å². The van der Waals surface area contributed by atoms with Crippen LogP contribution in [0.5, 0.6) is 0 Å². The van der Waals surface area contributed by atoms with Crippen molar-refractivity contribution >= 4 is 16.0 Å². The van der Waals surface area contributed by atoms with E-state index in [-0.39, 0.29) is 18.0 Å². The van der Waals surface area contributed by atoms with Crippen LogP contribution < -0.4 is 0 Å². The first-order valence-corrected chi connectivity index (χ1v) is 9.24. The second kappa shape index (κ2) is 8.22. The van der Waals surface area contributed by atoms with E-state index < -0.39 is 28.4 Å². The van der Waals surface area contributed by atoms with Gasteiger partial charge in [0.15, 0.2) is 0 Å². The first-order chi connectivity index (χ1) is 11.8. The lowest BCUT2D eigenvalue weighted by Gasteiger charge is -2.21. The van der Waals surface area contributed by atoms with Gasteiger partial charge in [0.2, 0.25) is 10.0 Å². The molecule has 2 aromatic carbocycles. The highest BCUT2D eigenvalue weighted by Crippen LogP contribution is 2.21. The van der Waals surface area contributed by atoms with E-state index in [4.69, 9.17) is 4.74 Å². The SMILES string of the molecule is CCOC(=O)CN(Cc1ccccc1)S(=O)(=O)c1ccc(C)c(F)c1. The van der Waals surface area contributed by atoms with Crippen LogP contribution >= 0.6 is 0 Å². The maximum absolute atomic E-state index is 13.8. The third-order valence-corrected chi connectivity index (χ3v) is 5.38. The van der Waals surface area contributed by atoms with Crippen LogP contribution in [0.25, 0.3) is 0 Å². The fraction of sp³-hybridized carbons (Fsp3) is 0.278. The van der Waals surface area contributed by atoms with Crippen LogP contribution in [0.3, 0.4) is 0 Å². The predicted octanol–water partition coefficient (Wildman–Crippen LogP) is 2.89. The molecule has 0 saturated carbocycles. The number of hydrogen-bond acceptors (Lipinski definition) is 4. The van der Waals surface area contributed by atoms with Crippen molar-refractivity contribution < 1.29 is 22.3 Å². The highest BCUT2D eigenvalue weighted by molar-refractivity contribution is 7.89. The Hall–Kier alpha value is -2.25. The topological polar surface area (TPSA) is 63.7 Å². The predicted molar refractivity (Wildman–Crippen MR) is 91.8 cm³/mol. The smallest absolute Gasteiger partial charge is 0.321 e. The van der Waals surface area contributed by atoms with Crippen molar-refractivity contribution in [1.82, 2.24) is 4.31 Å². The van der Waals surface area contributed by atoms with Gasteiger partial charge in [-0.25, -0.2) is 12.8 Å². The molecule has 0 atom stereocenters. The Morgan fingerprint density at radius 2 is 1.84 bits per heavy atom. The summed E-state index contributed by atoms with van der Waals surface area (Å²) in [6.45, 7) is 2.88. The number of rotatable bonds is 7. The second-order valence-electron chi connectivity index (χ2n) is 5.47. The van der Waals surface area contributed by atoms with E-state index in [0.717, 1.165) is 10.4 Å². The molecule has 0 aromatic heterocycles. The number of benzene rings is 2. The molecule has 5 nitrogen and oxygen atoms in total. The van der Waals surface area contributed by atoms with Gasteiger partial charge in [-0.3, -0.25) is 4.79 Å². The average Bonchev–Trinajstić information content (AvgIpc) is 2.58. The molecular weight excluding hydrogens is 345 g/mol. The van der Waals surface area contributed by atoms with Crippen LogP contribution in [0.2, 0.25) is 0 Å². The molecule has 0 amide bonds. The van der Waals surface area contributed by atoms with Crippen molar-refractivity contribution in [2.45, 2.75) is 25.3 Å². The number of carbonyl (C=O) groups excluding carboxylic acids is 1. The number of sulfonamides is 1. The third-order valence-electron chi connectivity index (χ3n) is 3.59. The molecule has 7 heteroatoms. The molecule has 2 rings (SSSR count). The molecule has 0 N–H and O–H groups in total. The van der Waals surface area contributed by atoms with E-state index in [9.17, 15) is 17.6 Å². The summed E-state index contributed by atoms with van der Waals surface area (Å²) in [6, 6.07) is 12.6. The summed E-state index contributed by atoms with van der Waals surface area (Å²) in [5.41, 5.74) is 1.06. The standard InChI is InChI=1S/C18H20FNO4S/c1-3-24-18(21)13-20(12-15-7-5-4-6-8-15)25(22,23)16-10-9-14(2)17(19)11-16/h4-11H,3,12-13H2,1-2H3. The molecule has 0 fully saturated rings. The number of hydrogen-bond donors (Lipinski definition) is 0. The Kier molecular flexibility index (Phi) is 6.27. The van der Waals surface area contributed by atoms with Crippen LogP contribution in [0.15, 0.2) is 53.4 Å². The van der Waals surface area contributed by atoms with Gasteiger partial charge in [0.25, 0.3) is 0 Å². The highest BCUT2D eigenvalue weighted by Gasteiger charge is 2.28. The molecule has 0 unspecified atom stereocenters. The van der Waals surface area contributed by atoms with E-state index in [1.165, 1.54) is 12.1 Å². The highest BCUT2D eigenvalue weighted by atomic mass is 32.2. The lowest BCUT2D eigenvalue weighted by Crippen LogP contribution is -2.36. The molecule has 0 aliphatic heterocycles. The van der Waals surface area contributed by atoms with Gasteiger partial charge in [-0.1, -0.05) is 36.4 Å². The zero-order valence-electron chi connectivity index (χ0n) is 14.1. The number of ether oxygens (including phenoxy) is 1. The summed E-state index contributed by atoms with van der Waals surface area (Å²) in [5, 5.41) is 0. The Balaban J connectivity index is 2.37.